The summed E-state index contributed by atoms with van der Waals surface area (Å²) in [4.78, 5) is 54.0. The number of carbonyl (C=O) groups is 4. The highest BCUT2D eigenvalue weighted by Crippen LogP contribution is 2.16. The van der Waals surface area contributed by atoms with Crippen LogP contribution in [0.1, 0.15) is 48.7 Å². The summed E-state index contributed by atoms with van der Waals surface area (Å²) in [5, 5.41) is 15.6. The van der Waals surface area contributed by atoms with Crippen LogP contribution in [0, 0.1) is 0 Å². The largest absolute Gasteiger partial charge is 0.497 e. The number of carboxylic acids is 1. The first-order chi connectivity index (χ1) is 20.9. The molecule has 0 spiro atoms. The Balaban J connectivity index is 1.61. The van der Waals surface area contributed by atoms with Crippen LogP contribution in [0.25, 0.3) is 0 Å². The van der Waals surface area contributed by atoms with E-state index < -0.39 is 41.4 Å². The number of methoxy groups -OCH3 is 1. The molecule has 232 valence electrons. The van der Waals surface area contributed by atoms with Crippen molar-refractivity contribution in [1.29, 1.82) is 0 Å². The number of hydrogen-bond donors (Lipinski definition) is 2. The van der Waals surface area contributed by atoms with Crippen molar-refractivity contribution >= 4 is 29.7 Å². The zero-order valence-corrected chi connectivity index (χ0v) is 24.8. The molecular weight excluding hydrogens is 572 g/mol. The molecule has 0 saturated heterocycles. The maximum absolute atomic E-state index is 12.9. The number of nitrogens with one attached hydrogen (secondary N) is 1. The van der Waals surface area contributed by atoms with Crippen LogP contribution in [0.5, 0.6) is 11.5 Å². The maximum atomic E-state index is 12.9. The van der Waals surface area contributed by atoms with Crippen LogP contribution in [0.2, 0.25) is 0 Å². The third-order valence-corrected chi connectivity index (χ3v) is 5.75. The number of amides is 1. The van der Waals surface area contributed by atoms with E-state index >= 15 is 0 Å². The fourth-order valence-electron chi connectivity index (χ4n) is 3.61. The molecule has 0 heterocycles. The lowest BCUT2D eigenvalue weighted by Gasteiger charge is -2.23. The predicted octanol–water partition coefficient (Wildman–Crippen LogP) is 4.75. The van der Waals surface area contributed by atoms with Crippen LogP contribution >= 0.6 is 0 Å². The molecule has 0 aliphatic carbocycles. The van der Waals surface area contributed by atoms with Gasteiger partial charge in [-0.05, 0) is 74.9 Å². The summed E-state index contributed by atoms with van der Waals surface area (Å²) in [6.45, 7) is 5.07. The van der Waals surface area contributed by atoms with Gasteiger partial charge in [-0.1, -0.05) is 35.5 Å². The molecule has 0 fully saturated rings. The Hall–Kier alpha value is -5.39. The van der Waals surface area contributed by atoms with Crippen molar-refractivity contribution in [2.75, 3.05) is 13.7 Å². The topological polar surface area (TPSA) is 159 Å². The van der Waals surface area contributed by atoms with Crippen LogP contribution in [-0.2, 0) is 30.5 Å². The number of oxime groups is 1. The molecule has 0 aliphatic heterocycles. The molecule has 2 N–H and O–H groups in total. The number of alkyl carbamates (subject to hydrolysis) is 1. The molecule has 0 saturated carbocycles. The number of ether oxygens (including phenoxy) is 4. The molecule has 3 rings (SSSR count). The summed E-state index contributed by atoms with van der Waals surface area (Å²) in [6.07, 6.45) is -0.749. The van der Waals surface area contributed by atoms with Crippen molar-refractivity contribution in [3.8, 4) is 11.5 Å². The average Bonchev–Trinajstić information content (AvgIpc) is 2.99. The first-order valence-electron chi connectivity index (χ1n) is 13.5. The van der Waals surface area contributed by atoms with E-state index in [1.807, 2.05) is 0 Å². The van der Waals surface area contributed by atoms with Gasteiger partial charge in [0.05, 0.1) is 19.3 Å². The monoisotopic (exact) mass is 606 g/mol. The summed E-state index contributed by atoms with van der Waals surface area (Å²) >= 11 is 0. The molecule has 3 aromatic carbocycles. The first kappa shape index (κ1) is 33.1. The Morgan fingerprint density at radius 2 is 1.50 bits per heavy atom. The summed E-state index contributed by atoms with van der Waals surface area (Å²) in [5.41, 5.74) is -0.156. The minimum absolute atomic E-state index is 0.00792. The first-order valence-corrected chi connectivity index (χ1v) is 13.5. The number of carboxylic acid groups (broad SMARTS) is 1. The molecule has 1 unspecified atom stereocenters. The Morgan fingerprint density at radius 3 is 2.09 bits per heavy atom. The van der Waals surface area contributed by atoms with E-state index in [9.17, 15) is 24.3 Å². The van der Waals surface area contributed by atoms with Gasteiger partial charge in [-0.15, -0.1) is 0 Å². The Labute approximate surface area is 254 Å². The van der Waals surface area contributed by atoms with E-state index in [0.717, 1.165) is 5.56 Å². The fourth-order valence-corrected chi connectivity index (χ4v) is 3.61. The molecule has 1 amide bonds. The molecule has 12 heteroatoms. The highest BCUT2D eigenvalue weighted by atomic mass is 16.7. The second-order valence-corrected chi connectivity index (χ2v) is 10.3. The van der Waals surface area contributed by atoms with Crippen molar-refractivity contribution in [3.63, 3.8) is 0 Å². The smallest absolute Gasteiger partial charge is 0.408 e. The van der Waals surface area contributed by atoms with E-state index in [4.69, 9.17) is 23.8 Å². The van der Waals surface area contributed by atoms with E-state index in [-0.39, 0.29) is 30.8 Å². The van der Waals surface area contributed by atoms with Crippen molar-refractivity contribution in [2.45, 2.75) is 45.4 Å². The molecule has 1 atom stereocenters. The average molecular weight is 607 g/mol. The second kappa shape index (κ2) is 15.7. The van der Waals surface area contributed by atoms with Crippen molar-refractivity contribution in [1.82, 2.24) is 5.32 Å². The van der Waals surface area contributed by atoms with Crippen LogP contribution in [0.4, 0.5) is 4.79 Å². The Bertz CT molecular complexity index is 1450. The van der Waals surface area contributed by atoms with Gasteiger partial charge in [0.2, 0.25) is 0 Å². The van der Waals surface area contributed by atoms with E-state index in [2.05, 4.69) is 10.5 Å². The molecule has 0 aliphatic rings. The number of rotatable bonds is 13. The minimum atomic E-state index is -1.40. The van der Waals surface area contributed by atoms with Crippen LogP contribution in [0.15, 0.2) is 84.0 Å². The van der Waals surface area contributed by atoms with Gasteiger partial charge < -0.3 is 34.2 Å². The molecule has 12 nitrogen and oxygen atoms in total. The molecular formula is C32H34N2O10. The molecule has 3 aromatic rings. The quantitative estimate of drug-likeness (QED) is 0.120. The SMILES string of the molecule is COc1ccc(COC(=O)C(CCOc2ccc(/C(=N\OC(=O)c3ccccc3)C(=O)O)cc2)NC(=O)OC(C)(C)C)cc1. The number of hydrogen-bond acceptors (Lipinski definition) is 10. The standard InChI is InChI=1S/C32H34N2O10/c1-32(2,3)43-31(39)33-26(30(38)42-20-21-10-14-24(40-4)15-11-21)18-19-41-25-16-12-22(13-17-25)27(28(35)36)34-44-29(37)23-8-6-5-7-9-23/h5-17,26H,18-20H2,1-4H3,(H,33,39)(H,35,36)/b34-27+. The highest BCUT2D eigenvalue weighted by molar-refractivity contribution is 6.42. The minimum Gasteiger partial charge on any atom is -0.497 e. The number of aliphatic carboxylic acids is 1. The lowest BCUT2D eigenvalue weighted by Crippen LogP contribution is -2.45. The number of carbonyl (C=O) groups excluding carboxylic acids is 3. The lowest BCUT2D eigenvalue weighted by atomic mass is 10.1. The van der Waals surface area contributed by atoms with Gasteiger partial charge in [-0.3, -0.25) is 0 Å². The summed E-state index contributed by atoms with van der Waals surface area (Å²) in [7, 11) is 1.55. The van der Waals surface area contributed by atoms with E-state index in [1.54, 1.807) is 70.3 Å². The lowest BCUT2D eigenvalue weighted by molar-refractivity contribution is -0.148. The Morgan fingerprint density at radius 1 is 0.864 bits per heavy atom. The van der Waals surface area contributed by atoms with Gasteiger partial charge in [0.15, 0.2) is 5.71 Å². The zero-order valence-electron chi connectivity index (χ0n) is 24.8. The van der Waals surface area contributed by atoms with Gasteiger partial charge in [0, 0.05) is 12.0 Å². The van der Waals surface area contributed by atoms with Gasteiger partial charge in [0.1, 0.15) is 29.7 Å². The molecule has 0 radical (unpaired) electrons. The number of esters is 1. The summed E-state index contributed by atoms with van der Waals surface area (Å²) in [5.74, 6) is -1.88. The van der Waals surface area contributed by atoms with Crippen molar-refractivity contribution in [2.24, 2.45) is 5.16 Å². The Kier molecular flexibility index (Phi) is 11.8. The predicted molar refractivity (Wildman–Crippen MR) is 159 cm³/mol. The third-order valence-electron chi connectivity index (χ3n) is 5.75. The van der Waals surface area contributed by atoms with Gasteiger partial charge in [-0.2, -0.15) is 0 Å². The van der Waals surface area contributed by atoms with Crippen molar-refractivity contribution in [3.05, 3.63) is 95.6 Å². The normalized spacial score (nSPS) is 12.0. The van der Waals surface area contributed by atoms with Gasteiger partial charge in [0.25, 0.3) is 0 Å². The van der Waals surface area contributed by atoms with Crippen LogP contribution in [-0.4, -0.2) is 60.2 Å². The maximum Gasteiger partial charge on any atom is 0.408 e. The number of nitrogens with zero attached hydrogens (tertiary/aromatic N) is 1. The molecule has 0 aromatic heterocycles. The molecule has 0 bridgehead atoms. The second-order valence-electron chi connectivity index (χ2n) is 10.3. The summed E-state index contributed by atoms with van der Waals surface area (Å²) < 4.78 is 21.6. The van der Waals surface area contributed by atoms with Gasteiger partial charge >= 0.3 is 24.0 Å². The number of benzene rings is 3. The van der Waals surface area contributed by atoms with Gasteiger partial charge in [-0.25, -0.2) is 19.2 Å². The zero-order chi connectivity index (χ0) is 32.1. The summed E-state index contributed by atoms with van der Waals surface area (Å²) in [6, 6.07) is 19.8. The van der Waals surface area contributed by atoms with E-state index in [1.165, 1.54) is 36.4 Å². The van der Waals surface area contributed by atoms with Crippen LogP contribution < -0.4 is 14.8 Å². The van der Waals surface area contributed by atoms with E-state index in [0.29, 0.717) is 11.5 Å². The van der Waals surface area contributed by atoms with Crippen molar-refractivity contribution < 1.29 is 48.1 Å². The fraction of sp³-hybridized carbons (Fsp3) is 0.281. The third kappa shape index (κ3) is 10.8. The molecule has 44 heavy (non-hydrogen) atoms. The van der Waals surface area contributed by atoms with Crippen LogP contribution in [0.3, 0.4) is 0 Å². The highest BCUT2D eigenvalue weighted by Gasteiger charge is 2.26.